The van der Waals surface area contributed by atoms with E-state index < -0.39 is 5.25 Å². The summed E-state index contributed by atoms with van der Waals surface area (Å²) >= 11 is 1.16. The first kappa shape index (κ1) is 15.8. The van der Waals surface area contributed by atoms with E-state index in [1.165, 1.54) is 23.1 Å². The predicted molar refractivity (Wildman–Crippen MR) is 81.3 cm³/mol. The van der Waals surface area contributed by atoms with Crippen LogP contribution in [-0.2, 0) is 11.8 Å². The first-order valence-electron chi connectivity index (χ1n) is 6.50. The Morgan fingerprint density at radius 3 is 3.05 bits per heavy atom. The van der Waals surface area contributed by atoms with Crippen molar-refractivity contribution in [2.45, 2.75) is 23.8 Å². The number of nitrogens with one attached hydrogen (secondary N) is 2. The van der Waals surface area contributed by atoms with Gasteiger partial charge in [0.15, 0.2) is 5.16 Å². The summed E-state index contributed by atoms with van der Waals surface area (Å²) in [5, 5.41) is 15.5. The fourth-order valence-electron chi connectivity index (χ4n) is 1.73. The number of nitriles is 1. The molecule has 2 N–H and O–H groups in total. The average molecular weight is 318 g/mol. The number of nitrogens with zero attached hydrogens (tertiary/aromatic N) is 4. The quantitative estimate of drug-likeness (QED) is 0.624. The first-order chi connectivity index (χ1) is 10.5. The van der Waals surface area contributed by atoms with Gasteiger partial charge in [-0.1, -0.05) is 18.7 Å². The van der Waals surface area contributed by atoms with Crippen LogP contribution in [0.3, 0.4) is 0 Å². The molecule has 0 aromatic carbocycles. The summed E-state index contributed by atoms with van der Waals surface area (Å²) in [6.07, 6.45) is 3.31. The number of rotatable bonds is 5. The number of hydrogen-bond acceptors (Lipinski definition) is 6. The van der Waals surface area contributed by atoms with Gasteiger partial charge in [0.25, 0.3) is 5.56 Å². The van der Waals surface area contributed by atoms with Crippen LogP contribution in [0.15, 0.2) is 28.4 Å². The molecule has 9 heteroatoms. The van der Waals surface area contributed by atoms with Gasteiger partial charge in [0.05, 0.1) is 11.4 Å². The molecule has 0 aliphatic rings. The van der Waals surface area contributed by atoms with Crippen LogP contribution in [0.5, 0.6) is 0 Å². The maximum Gasteiger partial charge on any atom is 0.251 e. The average Bonchev–Trinajstić information content (AvgIpc) is 2.85. The summed E-state index contributed by atoms with van der Waals surface area (Å²) < 4.78 is 1.43. The third kappa shape index (κ3) is 3.53. The predicted octanol–water partition coefficient (Wildman–Crippen LogP) is 0.884. The molecule has 2 rings (SSSR count). The maximum absolute atomic E-state index is 12.3. The lowest BCUT2D eigenvalue weighted by atomic mass is 10.3. The lowest BCUT2D eigenvalue weighted by Crippen LogP contribution is -2.26. The Bertz CT molecular complexity index is 775. The van der Waals surface area contributed by atoms with E-state index in [4.69, 9.17) is 5.26 Å². The van der Waals surface area contributed by atoms with Gasteiger partial charge in [-0.05, 0) is 6.42 Å². The van der Waals surface area contributed by atoms with Crippen LogP contribution < -0.4 is 10.9 Å². The van der Waals surface area contributed by atoms with Gasteiger partial charge in [-0.2, -0.15) is 10.4 Å². The molecule has 1 amide bonds. The van der Waals surface area contributed by atoms with Crippen LogP contribution in [0.4, 0.5) is 5.82 Å². The minimum atomic E-state index is -0.452. The van der Waals surface area contributed by atoms with Crippen molar-refractivity contribution < 1.29 is 4.79 Å². The molecule has 0 saturated carbocycles. The van der Waals surface area contributed by atoms with E-state index in [1.54, 1.807) is 7.05 Å². The molecule has 2 aromatic rings. The molecule has 22 heavy (non-hydrogen) atoms. The van der Waals surface area contributed by atoms with Gasteiger partial charge in [0.1, 0.15) is 17.5 Å². The molecule has 0 aliphatic carbocycles. The Labute approximate surface area is 130 Å². The van der Waals surface area contributed by atoms with Crippen LogP contribution >= 0.6 is 11.8 Å². The van der Waals surface area contributed by atoms with E-state index in [0.29, 0.717) is 23.0 Å². The van der Waals surface area contributed by atoms with Gasteiger partial charge >= 0.3 is 0 Å². The summed E-state index contributed by atoms with van der Waals surface area (Å²) in [5.41, 5.74) is 0.0214. The zero-order valence-corrected chi connectivity index (χ0v) is 12.8. The second-order valence-electron chi connectivity index (χ2n) is 4.39. The highest BCUT2D eigenvalue weighted by Gasteiger charge is 2.21. The maximum atomic E-state index is 12.3. The highest BCUT2D eigenvalue weighted by atomic mass is 32.2. The molecular weight excluding hydrogens is 304 g/mol. The van der Waals surface area contributed by atoms with Crippen molar-refractivity contribution in [1.29, 1.82) is 5.26 Å². The van der Waals surface area contributed by atoms with Gasteiger partial charge in [-0.25, -0.2) is 4.98 Å². The third-order valence-electron chi connectivity index (χ3n) is 2.87. The smallest absolute Gasteiger partial charge is 0.251 e. The van der Waals surface area contributed by atoms with Crippen molar-refractivity contribution in [3.63, 3.8) is 0 Å². The van der Waals surface area contributed by atoms with Crippen LogP contribution in [-0.4, -0.2) is 30.9 Å². The largest absolute Gasteiger partial charge is 0.309 e. The van der Waals surface area contributed by atoms with Gasteiger partial charge < -0.3 is 10.3 Å². The molecule has 8 nitrogen and oxygen atoms in total. The van der Waals surface area contributed by atoms with Crippen molar-refractivity contribution >= 4 is 23.5 Å². The van der Waals surface area contributed by atoms with E-state index in [0.717, 1.165) is 11.8 Å². The monoisotopic (exact) mass is 318 g/mol. The van der Waals surface area contributed by atoms with Gasteiger partial charge in [0.2, 0.25) is 5.91 Å². The van der Waals surface area contributed by atoms with Crippen molar-refractivity contribution in [3.8, 4) is 6.07 Å². The molecule has 0 saturated heterocycles. The first-order valence-corrected chi connectivity index (χ1v) is 7.38. The number of aryl methyl sites for hydroxylation is 1. The lowest BCUT2D eigenvalue weighted by molar-refractivity contribution is -0.115. The Morgan fingerprint density at radius 1 is 1.64 bits per heavy atom. The molecule has 1 unspecified atom stereocenters. The SMILES string of the molecule is CCC(Sc1nccc(=O)[nH]1)C(=O)Nc1c(C#N)cnn1C. The second-order valence-corrected chi connectivity index (χ2v) is 5.58. The molecule has 0 spiro atoms. The second kappa shape index (κ2) is 6.91. The number of aromatic nitrogens is 4. The number of amides is 1. The number of thioether (sulfide) groups is 1. The molecule has 2 aromatic heterocycles. The van der Waals surface area contributed by atoms with Crippen LogP contribution in [0.25, 0.3) is 0 Å². The number of carbonyl (C=O) groups is 1. The lowest BCUT2D eigenvalue weighted by Gasteiger charge is -2.14. The third-order valence-corrected chi connectivity index (χ3v) is 4.13. The zero-order chi connectivity index (χ0) is 16.1. The standard InChI is InChI=1S/C13H14N6O2S/c1-3-9(22-13-15-5-4-10(20)17-13)12(21)18-11-8(6-14)7-16-19(11)2/h4-5,7,9H,3H2,1-2H3,(H,18,21)(H,15,17,20). The van der Waals surface area contributed by atoms with Crippen LogP contribution in [0.1, 0.15) is 18.9 Å². The molecule has 0 fully saturated rings. The normalized spacial score (nSPS) is 11.7. The Kier molecular flexibility index (Phi) is 4.95. The fraction of sp³-hybridized carbons (Fsp3) is 0.308. The highest BCUT2D eigenvalue weighted by molar-refractivity contribution is 8.00. The van der Waals surface area contributed by atoms with E-state index in [1.807, 2.05) is 13.0 Å². The van der Waals surface area contributed by atoms with Crippen molar-refractivity contribution in [2.75, 3.05) is 5.32 Å². The summed E-state index contributed by atoms with van der Waals surface area (Å²) in [6, 6.07) is 3.28. The minimum Gasteiger partial charge on any atom is -0.309 e. The van der Waals surface area contributed by atoms with Crippen molar-refractivity contribution in [1.82, 2.24) is 19.7 Å². The molecular formula is C13H14N6O2S. The summed E-state index contributed by atoms with van der Waals surface area (Å²) in [5.74, 6) is 0.0696. The van der Waals surface area contributed by atoms with Crippen molar-refractivity contribution in [3.05, 3.63) is 34.4 Å². The summed E-state index contributed by atoms with van der Waals surface area (Å²) in [4.78, 5) is 30.2. The van der Waals surface area contributed by atoms with Crippen molar-refractivity contribution in [2.24, 2.45) is 7.05 Å². The van der Waals surface area contributed by atoms with Gasteiger partial charge in [0, 0.05) is 19.3 Å². The Balaban J connectivity index is 2.14. The number of aromatic amines is 1. The highest BCUT2D eigenvalue weighted by Crippen LogP contribution is 2.23. The topological polar surface area (TPSA) is 116 Å². The molecule has 1 atom stereocenters. The molecule has 114 valence electrons. The molecule has 0 aliphatic heterocycles. The van der Waals surface area contributed by atoms with E-state index in [2.05, 4.69) is 20.4 Å². The summed E-state index contributed by atoms with van der Waals surface area (Å²) in [6.45, 7) is 1.85. The molecule has 2 heterocycles. The fourth-order valence-corrected chi connectivity index (χ4v) is 2.62. The minimum absolute atomic E-state index is 0.272. The van der Waals surface area contributed by atoms with Crippen LogP contribution in [0.2, 0.25) is 0 Å². The molecule has 0 radical (unpaired) electrons. The summed E-state index contributed by atoms with van der Waals surface area (Å²) in [7, 11) is 1.64. The van der Waals surface area contributed by atoms with E-state index in [9.17, 15) is 9.59 Å². The Morgan fingerprint density at radius 2 is 2.41 bits per heavy atom. The van der Waals surface area contributed by atoms with E-state index in [-0.39, 0.29) is 11.5 Å². The number of H-pyrrole nitrogens is 1. The number of carbonyl (C=O) groups excluding carboxylic acids is 1. The van der Waals surface area contributed by atoms with Gasteiger partial charge in [-0.15, -0.1) is 0 Å². The molecule has 0 bridgehead atoms. The Hall–Kier alpha value is -2.60. The van der Waals surface area contributed by atoms with Crippen LogP contribution in [0, 0.1) is 11.3 Å². The zero-order valence-electron chi connectivity index (χ0n) is 12.0. The van der Waals surface area contributed by atoms with E-state index >= 15 is 0 Å². The number of anilines is 1. The van der Waals surface area contributed by atoms with Gasteiger partial charge in [-0.3, -0.25) is 14.3 Å². The number of hydrogen-bond donors (Lipinski definition) is 2.